The van der Waals surface area contributed by atoms with E-state index in [4.69, 9.17) is 14.2 Å². The molecule has 1 aromatic rings. The van der Waals surface area contributed by atoms with Gasteiger partial charge in [0.15, 0.2) is 11.5 Å². The molecule has 112 valence electrons. The molecule has 2 atom stereocenters. The molecule has 0 unspecified atom stereocenters. The highest BCUT2D eigenvalue weighted by Gasteiger charge is 2.37. The van der Waals surface area contributed by atoms with Crippen LogP contribution in [-0.2, 0) is 4.74 Å². The van der Waals surface area contributed by atoms with Gasteiger partial charge in [0.25, 0.3) is 5.91 Å². The first kappa shape index (κ1) is 13.0. The Balaban J connectivity index is 1.58. The molecule has 0 aromatic heterocycles. The molecule has 1 saturated carbocycles. The number of nitrogens with zero attached hydrogens (tertiary/aromatic N) is 1. The van der Waals surface area contributed by atoms with Crippen molar-refractivity contribution in [1.29, 1.82) is 0 Å². The van der Waals surface area contributed by atoms with Crippen LogP contribution in [0.25, 0.3) is 0 Å². The number of hydrogen-bond donors (Lipinski definition) is 0. The van der Waals surface area contributed by atoms with E-state index in [9.17, 15) is 4.79 Å². The molecule has 2 fully saturated rings. The molecule has 5 heteroatoms. The van der Waals surface area contributed by atoms with Crippen LogP contribution >= 0.6 is 0 Å². The van der Waals surface area contributed by atoms with E-state index in [2.05, 4.69) is 0 Å². The number of morpholine rings is 1. The van der Waals surface area contributed by atoms with Crippen LogP contribution in [0.4, 0.5) is 0 Å². The second kappa shape index (κ2) is 5.22. The minimum atomic E-state index is 0.0773. The number of benzene rings is 1. The molecular formula is C16H19NO4. The van der Waals surface area contributed by atoms with Crippen molar-refractivity contribution in [1.82, 2.24) is 4.90 Å². The molecule has 2 aliphatic heterocycles. The van der Waals surface area contributed by atoms with Gasteiger partial charge in [0, 0.05) is 12.1 Å². The lowest BCUT2D eigenvalue weighted by Gasteiger charge is -2.43. The van der Waals surface area contributed by atoms with Crippen molar-refractivity contribution in [3.05, 3.63) is 23.8 Å². The number of amides is 1. The number of carbonyl (C=O) groups excluding carboxylic acids is 1. The highest BCUT2D eigenvalue weighted by Crippen LogP contribution is 2.34. The lowest BCUT2D eigenvalue weighted by Crippen LogP contribution is -2.54. The third-order valence-corrected chi connectivity index (χ3v) is 4.61. The highest BCUT2D eigenvalue weighted by molar-refractivity contribution is 5.95. The molecule has 5 nitrogen and oxygen atoms in total. The zero-order chi connectivity index (χ0) is 14.2. The Morgan fingerprint density at radius 2 is 2.00 bits per heavy atom. The second-order valence-corrected chi connectivity index (χ2v) is 5.83. The molecule has 3 aliphatic rings. The summed E-state index contributed by atoms with van der Waals surface area (Å²) in [5, 5.41) is 0. The third-order valence-electron chi connectivity index (χ3n) is 4.61. The summed E-state index contributed by atoms with van der Waals surface area (Å²) in [5.41, 5.74) is 0.672. The summed E-state index contributed by atoms with van der Waals surface area (Å²) in [4.78, 5) is 14.8. The fourth-order valence-electron chi connectivity index (χ4n) is 3.54. The van der Waals surface area contributed by atoms with E-state index in [0.717, 1.165) is 12.8 Å². The van der Waals surface area contributed by atoms with Gasteiger partial charge in [-0.15, -0.1) is 0 Å². The second-order valence-electron chi connectivity index (χ2n) is 5.83. The van der Waals surface area contributed by atoms with Gasteiger partial charge in [-0.3, -0.25) is 4.79 Å². The quantitative estimate of drug-likeness (QED) is 0.795. The predicted molar refractivity (Wildman–Crippen MR) is 75.6 cm³/mol. The van der Waals surface area contributed by atoms with Crippen LogP contribution in [0, 0.1) is 0 Å². The Kier molecular flexibility index (Phi) is 3.22. The van der Waals surface area contributed by atoms with Gasteiger partial charge in [-0.1, -0.05) is 12.8 Å². The summed E-state index contributed by atoms with van der Waals surface area (Å²) in [6.45, 7) is 1.54. The smallest absolute Gasteiger partial charge is 0.254 e. The van der Waals surface area contributed by atoms with E-state index >= 15 is 0 Å². The van der Waals surface area contributed by atoms with Gasteiger partial charge in [0.05, 0.1) is 18.8 Å². The van der Waals surface area contributed by atoms with Crippen molar-refractivity contribution in [2.24, 2.45) is 0 Å². The molecule has 1 aromatic carbocycles. The van der Waals surface area contributed by atoms with Crippen LogP contribution in [0.15, 0.2) is 18.2 Å². The van der Waals surface area contributed by atoms with E-state index in [1.165, 1.54) is 12.8 Å². The Morgan fingerprint density at radius 1 is 1.14 bits per heavy atom. The standard InChI is InChI=1S/C16H19NO4/c18-16(11-5-6-14-15(9-11)21-10-20-14)17-7-8-19-13-4-2-1-3-12(13)17/h5-6,9,12-13H,1-4,7-8,10H2/t12-,13-/m1/s1. The average molecular weight is 289 g/mol. The number of hydrogen-bond acceptors (Lipinski definition) is 4. The molecular weight excluding hydrogens is 270 g/mol. The lowest BCUT2D eigenvalue weighted by atomic mass is 9.89. The van der Waals surface area contributed by atoms with Crippen molar-refractivity contribution in [3.63, 3.8) is 0 Å². The molecule has 0 bridgehead atoms. The van der Waals surface area contributed by atoms with E-state index < -0.39 is 0 Å². The molecule has 4 rings (SSSR count). The monoisotopic (exact) mass is 289 g/mol. The number of rotatable bonds is 1. The SMILES string of the molecule is O=C(c1ccc2c(c1)OCO2)N1CCO[C@@H]2CCCC[C@H]21. The lowest BCUT2D eigenvalue weighted by molar-refractivity contribution is -0.0752. The molecule has 1 amide bonds. The van der Waals surface area contributed by atoms with Crippen molar-refractivity contribution in [2.45, 2.75) is 37.8 Å². The first-order chi connectivity index (χ1) is 10.3. The van der Waals surface area contributed by atoms with Crippen LogP contribution in [0.3, 0.4) is 0 Å². The summed E-state index contributed by atoms with van der Waals surface area (Å²) in [5.74, 6) is 1.45. The maximum absolute atomic E-state index is 12.8. The normalized spacial score (nSPS) is 27.3. The van der Waals surface area contributed by atoms with E-state index in [1.54, 1.807) is 6.07 Å². The molecule has 1 saturated heterocycles. The fourth-order valence-corrected chi connectivity index (χ4v) is 3.54. The van der Waals surface area contributed by atoms with Crippen molar-refractivity contribution in [3.8, 4) is 11.5 Å². The Labute approximate surface area is 123 Å². The first-order valence-corrected chi connectivity index (χ1v) is 7.65. The van der Waals surface area contributed by atoms with Crippen LogP contribution < -0.4 is 9.47 Å². The molecule has 0 radical (unpaired) electrons. The highest BCUT2D eigenvalue weighted by atomic mass is 16.7. The van der Waals surface area contributed by atoms with Gasteiger partial charge in [-0.2, -0.15) is 0 Å². The number of fused-ring (bicyclic) bond motifs is 2. The largest absolute Gasteiger partial charge is 0.454 e. The van der Waals surface area contributed by atoms with Crippen molar-refractivity contribution in [2.75, 3.05) is 19.9 Å². The molecule has 0 spiro atoms. The van der Waals surface area contributed by atoms with Crippen molar-refractivity contribution >= 4 is 5.91 Å². The summed E-state index contributed by atoms with van der Waals surface area (Å²) in [7, 11) is 0. The van der Waals surface area contributed by atoms with Gasteiger partial charge in [-0.05, 0) is 31.0 Å². The van der Waals surface area contributed by atoms with E-state index in [0.29, 0.717) is 30.2 Å². The third kappa shape index (κ3) is 2.25. The minimum Gasteiger partial charge on any atom is -0.454 e. The van der Waals surface area contributed by atoms with Crippen LogP contribution in [0.1, 0.15) is 36.0 Å². The summed E-state index contributed by atoms with van der Waals surface area (Å²) in [6, 6.07) is 5.65. The average Bonchev–Trinajstić information content (AvgIpc) is 3.01. The number of ether oxygens (including phenoxy) is 3. The first-order valence-electron chi connectivity index (χ1n) is 7.65. The van der Waals surface area contributed by atoms with Crippen molar-refractivity contribution < 1.29 is 19.0 Å². The zero-order valence-electron chi connectivity index (χ0n) is 11.9. The fraction of sp³-hybridized carbons (Fsp3) is 0.562. The van der Waals surface area contributed by atoms with Gasteiger partial charge < -0.3 is 19.1 Å². The molecule has 1 aliphatic carbocycles. The zero-order valence-corrected chi connectivity index (χ0v) is 11.9. The predicted octanol–water partition coefficient (Wildman–Crippen LogP) is 2.20. The van der Waals surface area contributed by atoms with Gasteiger partial charge in [-0.25, -0.2) is 0 Å². The van der Waals surface area contributed by atoms with Gasteiger partial charge in [0.1, 0.15) is 0 Å². The summed E-state index contributed by atoms with van der Waals surface area (Å²) < 4.78 is 16.5. The maximum Gasteiger partial charge on any atom is 0.254 e. The van der Waals surface area contributed by atoms with E-state index in [1.807, 2.05) is 17.0 Å². The molecule has 21 heavy (non-hydrogen) atoms. The van der Waals surface area contributed by atoms with Crippen LogP contribution in [0.2, 0.25) is 0 Å². The van der Waals surface area contributed by atoms with Crippen LogP contribution in [0.5, 0.6) is 11.5 Å². The van der Waals surface area contributed by atoms with Gasteiger partial charge >= 0.3 is 0 Å². The van der Waals surface area contributed by atoms with E-state index in [-0.39, 0.29) is 24.8 Å². The Hall–Kier alpha value is -1.75. The minimum absolute atomic E-state index is 0.0773. The summed E-state index contributed by atoms with van der Waals surface area (Å²) in [6.07, 6.45) is 4.70. The maximum atomic E-state index is 12.8. The number of carbonyl (C=O) groups is 1. The van der Waals surface area contributed by atoms with Gasteiger partial charge in [0.2, 0.25) is 6.79 Å². The topological polar surface area (TPSA) is 48.0 Å². The Morgan fingerprint density at radius 3 is 2.95 bits per heavy atom. The van der Waals surface area contributed by atoms with Crippen LogP contribution in [-0.4, -0.2) is 42.9 Å². The molecule has 2 heterocycles. The summed E-state index contributed by atoms with van der Waals surface area (Å²) >= 11 is 0. The Bertz CT molecular complexity index is 557. The molecule has 0 N–H and O–H groups in total.